The summed E-state index contributed by atoms with van der Waals surface area (Å²) in [5, 5.41) is 9.81. The van der Waals surface area contributed by atoms with Gasteiger partial charge in [0.15, 0.2) is 11.6 Å². The first-order chi connectivity index (χ1) is 7.54. The van der Waals surface area contributed by atoms with Crippen LogP contribution in [0.5, 0.6) is 5.75 Å². The molecular weight excluding hydrogens is 207 g/mol. The molecule has 0 radical (unpaired) electrons. The van der Waals surface area contributed by atoms with Crippen LogP contribution in [0.15, 0.2) is 30.4 Å². The highest BCUT2D eigenvalue weighted by atomic mass is 19.1. The van der Waals surface area contributed by atoms with E-state index in [4.69, 9.17) is 4.74 Å². The molecule has 0 saturated carbocycles. The summed E-state index contributed by atoms with van der Waals surface area (Å²) < 4.78 is 18.2. The van der Waals surface area contributed by atoms with Crippen molar-refractivity contribution in [2.75, 3.05) is 7.11 Å². The largest absolute Gasteiger partial charge is 0.494 e. The normalized spacial score (nSPS) is 12.2. The zero-order valence-corrected chi connectivity index (χ0v) is 9.66. The van der Waals surface area contributed by atoms with Gasteiger partial charge in [0.1, 0.15) is 0 Å². The van der Waals surface area contributed by atoms with Crippen molar-refractivity contribution in [2.24, 2.45) is 0 Å². The van der Waals surface area contributed by atoms with E-state index in [9.17, 15) is 9.50 Å². The van der Waals surface area contributed by atoms with Crippen LogP contribution in [0.3, 0.4) is 0 Å². The monoisotopic (exact) mass is 224 g/mol. The van der Waals surface area contributed by atoms with Gasteiger partial charge in [0.25, 0.3) is 0 Å². The topological polar surface area (TPSA) is 29.5 Å². The number of benzene rings is 1. The van der Waals surface area contributed by atoms with E-state index in [0.717, 1.165) is 12.0 Å². The van der Waals surface area contributed by atoms with Gasteiger partial charge < -0.3 is 9.84 Å². The zero-order chi connectivity index (χ0) is 12.1. The highest BCUT2D eigenvalue weighted by Gasteiger charge is 2.10. The Morgan fingerprint density at radius 1 is 1.56 bits per heavy atom. The molecule has 1 N–H and O–H groups in total. The first kappa shape index (κ1) is 12.7. The summed E-state index contributed by atoms with van der Waals surface area (Å²) in [4.78, 5) is 0. The lowest BCUT2D eigenvalue weighted by molar-refractivity contribution is 0.167. The second-order valence-corrected chi connectivity index (χ2v) is 3.91. The van der Waals surface area contributed by atoms with Gasteiger partial charge in [-0.1, -0.05) is 11.6 Å². The molecule has 0 fully saturated rings. The fourth-order valence-corrected chi connectivity index (χ4v) is 1.44. The Morgan fingerprint density at radius 2 is 2.25 bits per heavy atom. The molecule has 0 spiro atoms. The highest BCUT2D eigenvalue weighted by Crippen LogP contribution is 2.25. The molecule has 1 aromatic rings. The average Bonchev–Trinajstić information content (AvgIpc) is 2.25. The number of hydrogen-bond acceptors (Lipinski definition) is 2. The molecule has 1 aromatic carbocycles. The predicted molar refractivity (Wildman–Crippen MR) is 62.0 cm³/mol. The van der Waals surface area contributed by atoms with Crippen molar-refractivity contribution in [3.63, 3.8) is 0 Å². The van der Waals surface area contributed by atoms with Crippen LogP contribution in [0.4, 0.5) is 4.39 Å². The van der Waals surface area contributed by atoms with Crippen LogP contribution in [0.25, 0.3) is 0 Å². The van der Waals surface area contributed by atoms with Crippen molar-refractivity contribution in [1.29, 1.82) is 0 Å². The molecule has 0 saturated heterocycles. The van der Waals surface area contributed by atoms with Gasteiger partial charge in [0.05, 0.1) is 13.2 Å². The van der Waals surface area contributed by atoms with E-state index >= 15 is 0 Å². The maximum atomic E-state index is 13.4. The molecule has 88 valence electrons. The number of halogens is 1. The summed E-state index contributed by atoms with van der Waals surface area (Å²) in [6, 6.07) is 4.50. The van der Waals surface area contributed by atoms with Crippen LogP contribution in [0.1, 0.15) is 31.4 Å². The lowest BCUT2D eigenvalue weighted by Gasteiger charge is -2.12. The van der Waals surface area contributed by atoms with Crippen molar-refractivity contribution in [1.82, 2.24) is 0 Å². The second-order valence-electron chi connectivity index (χ2n) is 3.91. The van der Waals surface area contributed by atoms with Gasteiger partial charge in [-0.3, -0.25) is 0 Å². The molecule has 0 heterocycles. The molecule has 16 heavy (non-hydrogen) atoms. The van der Waals surface area contributed by atoms with Crippen LogP contribution < -0.4 is 4.74 Å². The van der Waals surface area contributed by atoms with E-state index in [2.05, 4.69) is 6.58 Å². The van der Waals surface area contributed by atoms with E-state index in [1.807, 2.05) is 6.92 Å². The van der Waals surface area contributed by atoms with E-state index in [1.165, 1.54) is 19.2 Å². The minimum absolute atomic E-state index is 0.191. The molecule has 2 nitrogen and oxygen atoms in total. The van der Waals surface area contributed by atoms with Crippen molar-refractivity contribution >= 4 is 0 Å². The highest BCUT2D eigenvalue weighted by molar-refractivity contribution is 5.30. The summed E-state index contributed by atoms with van der Waals surface area (Å²) in [7, 11) is 1.41. The Balaban J connectivity index is 2.72. The molecule has 1 unspecified atom stereocenters. The van der Waals surface area contributed by atoms with Gasteiger partial charge in [-0.15, -0.1) is 6.58 Å². The van der Waals surface area contributed by atoms with Crippen LogP contribution in [-0.2, 0) is 0 Å². The molecular formula is C13H17FO2. The first-order valence-electron chi connectivity index (χ1n) is 5.20. The maximum absolute atomic E-state index is 13.4. The van der Waals surface area contributed by atoms with Crippen LogP contribution in [0, 0.1) is 5.82 Å². The summed E-state index contributed by atoms with van der Waals surface area (Å²) in [5.74, 6) is -0.259. The summed E-state index contributed by atoms with van der Waals surface area (Å²) in [6.45, 7) is 5.66. The van der Waals surface area contributed by atoms with E-state index in [-0.39, 0.29) is 5.75 Å². The van der Waals surface area contributed by atoms with Crippen LogP contribution in [-0.4, -0.2) is 12.2 Å². The van der Waals surface area contributed by atoms with E-state index < -0.39 is 11.9 Å². The Bertz CT molecular complexity index is 374. The van der Waals surface area contributed by atoms with Gasteiger partial charge >= 0.3 is 0 Å². The van der Waals surface area contributed by atoms with Crippen molar-refractivity contribution < 1.29 is 14.2 Å². The fourth-order valence-electron chi connectivity index (χ4n) is 1.44. The number of rotatable bonds is 5. The maximum Gasteiger partial charge on any atom is 0.165 e. The fraction of sp³-hybridized carbons (Fsp3) is 0.385. The third-order valence-corrected chi connectivity index (χ3v) is 2.41. The Labute approximate surface area is 95.4 Å². The standard InChI is InChI=1S/C13H17FO2/c1-9(2)4-6-12(15)10-5-7-13(16-3)11(14)8-10/h5,7-8,12,15H,1,4,6H2,2-3H3. The molecule has 1 rings (SSSR count). The molecule has 0 bridgehead atoms. The van der Waals surface area contributed by atoms with Crippen molar-refractivity contribution in [3.05, 3.63) is 41.7 Å². The minimum atomic E-state index is -0.655. The molecule has 0 amide bonds. The number of ether oxygens (including phenoxy) is 1. The zero-order valence-electron chi connectivity index (χ0n) is 9.66. The lowest BCUT2D eigenvalue weighted by Crippen LogP contribution is -1.99. The third-order valence-electron chi connectivity index (χ3n) is 2.41. The quantitative estimate of drug-likeness (QED) is 0.778. The molecule has 0 aliphatic rings. The van der Waals surface area contributed by atoms with E-state index in [1.54, 1.807) is 6.07 Å². The number of allylic oxidation sites excluding steroid dienone is 1. The smallest absolute Gasteiger partial charge is 0.165 e. The van der Waals surface area contributed by atoms with Gasteiger partial charge in [0, 0.05) is 0 Å². The molecule has 1 atom stereocenters. The Morgan fingerprint density at radius 3 is 2.75 bits per heavy atom. The number of aliphatic hydroxyl groups excluding tert-OH is 1. The Kier molecular flexibility index (Phi) is 4.50. The second kappa shape index (κ2) is 5.66. The van der Waals surface area contributed by atoms with Gasteiger partial charge in [-0.25, -0.2) is 4.39 Å². The van der Waals surface area contributed by atoms with Gasteiger partial charge in [0.2, 0.25) is 0 Å². The first-order valence-corrected chi connectivity index (χ1v) is 5.20. The summed E-state index contributed by atoms with van der Waals surface area (Å²) in [6.07, 6.45) is 0.632. The SMILES string of the molecule is C=C(C)CCC(O)c1ccc(OC)c(F)c1. The number of aliphatic hydroxyl groups is 1. The van der Waals surface area contributed by atoms with Gasteiger partial charge in [-0.05, 0) is 37.5 Å². The minimum Gasteiger partial charge on any atom is -0.494 e. The van der Waals surface area contributed by atoms with E-state index in [0.29, 0.717) is 12.0 Å². The van der Waals surface area contributed by atoms with Crippen LogP contribution >= 0.6 is 0 Å². The Hall–Kier alpha value is -1.35. The summed E-state index contributed by atoms with van der Waals surface area (Å²) in [5.41, 5.74) is 1.58. The molecule has 0 aliphatic heterocycles. The predicted octanol–water partition coefficient (Wildman–Crippen LogP) is 3.22. The molecule has 3 heteroatoms. The lowest BCUT2D eigenvalue weighted by atomic mass is 10.0. The van der Waals surface area contributed by atoms with Gasteiger partial charge in [-0.2, -0.15) is 0 Å². The summed E-state index contributed by atoms with van der Waals surface area (Å²) >= 11 is 0. The van der Waals surface area contributed by atoms with Crippen molar-refractivity contribution in [3.8, 4) is 5.75 Å². The van der Waals surface area contributed by atoms with Crippen molar-refractivity contribution in [2.45, 2.75) is 25.9 Å². The van der Waals surface area contributed by atoms with Crippen LogP contribution in [0.2, 0.25) is 0 Å². The third kappa shape index (κ3) is 3.35. The molecule has 0 aromatic heterocycles. The molecule has 0 aliphatic carbocycles. The number of methoxy groups -OCH3 is 1. The number of hydrogen-bond donors (Lipinski definition) is 1. The average molecular weight is 224 g/mol.